The number of piperazine rings is 1. The smallest absolute Gasteiger partial charge is 0.119 e. The Morgan fingerprint density at radius 3 is 2.41 bits per heavy atom. The van der Waals surface area contributed by atoms with Gasteiger partial charge in [-0.1, -0.05) is 19.1 Å². The van der Waals surface area contributed by atoms with Gasteiger partial charge in [-0.25, -0.2) is 0 Å². The van der Waals surface area contributed by atoms with Gasteiger partial charge in [-0.05, 0) is 24.7 Å². The monoisotopic (exact) mass is 233 g/mol. The van der Waals surface area contributed by atoms with E-state index >= 15 is 0 Å². The summed E-state index contributed by atoms with van der Waals surface area (Å²) in [5.74, 6) is 0.941. The van der Waals surface area contributed by atoms with E-state index in [1.165, 1.54) is 32.7 Å². The van der Waals surface area contributed by atoms with Crippen LogP contribution in [0.15, 0.2) is 24.3 Å². The normalized spacial score (nSPS) is 18.2. The van der Waals surface area contributed by atoms with E-state index in [0.29, 0.717) is 0 Å². The fourth-order valence-corrected chi connectivity index (χ4v) is 2.09. The highest BCUT2D eigenvalue weighted by atomic mass is 16.5. The second kappa shape index (κ2) is 6.62. The van der Waals surface area contributed by atoms with Crippen molar-refractivity contribution in [1.29, 1.82) is 0 Å². The Labute approximate surface area is 104 Å². The lowest BCUT2D eigenvalue weighted by Crippen LogP contribution is -2.47. The van der Waals surface area contributed by atoms with Crippen LogP contribution >= 0.6 is 0 Å². The number of nitrogens with zero attached hydrogens (tertiary/aromatic N) is 2. The molecule has 1 aliphatic rings. The van der Waals surface area contributed by atoms with Gasteiger partial charge in [0.1, 0.15) is 12.4 Å². The maximum absolute atomic E-state index is 5.69. The van der Waals surface area contributed by atoms with Gasteiger partial charge in [0, 0.05) is 32.7 Å². The predicted molar refractivity (Wildman–Crippen MR) is 69.3 cm³/mol. The zero-order valence-electron chi connectivity index (χ0n) is 10.6. The second-order valence-corrected chi connectivity index (χ2v) is 4.36. The Morgan fingerprint density at radius 2 is 1.76 bits per heavy atom. The van der Waals surface area contributed by atoms with Gasteiger partial charge in [0.15, 0.2) is 0 Å². The molecule has 1 aromatic carbocycles. The van der Waals surface area contributed by atoms with E-state index in [4.69, 9.17) is 4.74 Å². The molecule has 1 aliphatic heterocycles. The SMILES string of the molecule is CCN1CCN(CCOc2cc[c]cc2)CC1. The summed E-state index contributed by atoms with van der Waals surface area (Å²) in [6.45, 7) is 9.91. The molecule has 1 saturated heterocycles. The molecule has 0 amide bonds. The number of rotatable bonds is 5. The Kier molecular flexibility index (Phi) is 4.83. The molecular formula is C14H21N2O. The van der Waals surface area contributed by atoms with E-state index in [1.807, 2.05) is 24.3 Å². The quantitative estimate of drug-likeness (QED) is 0.766. The zero-order chi connectivity index (χ0) is 11.9. The zero-order valence-corrected chi connectivity index (χ0v) is 10.6. The van der Waals surface area contributed by atoms with Crippen LogP contribution in [0.1, 0.15) is 6.92 Å². The molecule has 0 aromatic heterocycles. The van der Waals surface area contributed by atoms with Crippen molar-refractivity contribution in [3.05, 3.63) is 30.3 Å². The van der Waals surface area contributed by atoms with Crippen LogP contribution in [-0.4, -0.2) is 55.7 Å². The molecule has 1 heterocycles. The van der Waals surface area contributed by atoms with E-state index in [2.05, 4.69) is 22.8 Å². The minimum atomic E-state index is 0.774. The Hall–Kier alpha value is -1.06. The summed E-state index contributed by atoms with van der Waals surface area (Å²) in [4.78, 5) is 4.96. The Bertz CT molecular complexity index is 307. The van der Waals surface area contributed by atoms with Crippen molar-refractivity contribution in [2.75, 3.05) is 45.9 Å². The van der Waals surface area contributed by atoms with Crippen LogP contribution in [0.5, 0.6) is 5.75 Å². The molecule has 0 N–H and O–H groups in total. The first kappa shape index (κ1) is 12.4. The van der Waals surface area contributed by atoms with Gasteiger partial charge in [-0.15, -0.1) is 0 Å². The van der Waals surface area contributed by atoms with Gasteiger partial charge in [-0.2, -0.15) is 0 Å². The number of likely N-dealkylation sites (N-methyl/N-ethyl adjacent to an activating group) is 1. The standard InChI is InChI=1S/C14H21N2O/c1-2-15-8-10-16(11-9-15)12-13-17-14-6-4-3-5-7-14/h4-7H,2,8-13H2,1H3. The summed E-state index contributed by atoms with van der Waals surface area (Å²) < 4.78 is 5.69. The van der Waals surface area contributed by atoms with Crippen LogP contribution in [0, 0.1) is 6.07 Å². The maximum atomic E-state index is 5.69. The summed E-state index contributed by atoms with van der Waals surface area (Å²) in [6.07, 6.45) is 0. The molecule has 0 unspecified atom stereocenters. The van der Waals surface area contributed by atoms with Crippen LogP contribution in [0.4, 0.5) is 0 Å². The molecule has 1 aromatic rings. The number of benzene rings is 1. The Balaban J connectivity index is 1.63. The summed E-state index contributed by atoms with van der Waals surface area (Å²) >= 11 is 0. The lowest BCUT2D eigenvalue weighted by molar-refractivity contribution is 0.121. The first-order valence-electron chi connectivity index (χ1n) is 6.42. The minimum absolute atomic E-state index is 0.774. The fourth-order valence-electron chi connectivity index (χ4n) is 2.09. The van der Waals surface area contributed by atoms with Gasteiger partial charge in [0.05, 0.1) is 0 Å². The van der Waals surface area contributed by atoms with E-state index in [9.17, 15) is 0 Å². The van der Waals surface area contributed by atoms with Gasteiger partial charge < -0.3 is 9.64 Å². The first-order chi connectivity index (χ1) is 8.38. The summed E-state index contributed by atoms with van der Waals surface area (Å²) in [5.41, 5.74) is 0. The predicted octanol–water partition coefficient (Wildman–Crippen LogP) is 1.50. The molecule has 0 aliphatic carbocycles. The summed E-state index contributed by atoms with van der Waals surface area (Å²) in [5, 5.41) is 0. The molecule has 0 bridgehead atoms. The molecule has 0 atom stereocenters. The maximum Gasteiger partial charge on any atom is 0.119 e. The van der Waals surface area contributed by atoms with Gasteiger partial charge >= 0.3 is 0 Å². The first-order valence-corrected chi connectivity index (χ1v) is 6.42. The third-order valence-electron chi connectivity index (χ3n) is 3.28. The molecular weight excluding hydrogens is 212 g/mol. The van der Waals surface area contributed by atoms with E-state index in [0.717, 1.165) is 18.9 Å². The van der Waals surface area contributed by atoms with Crippen LogP contribution < -0.4 is 4.74 Å². The largest absolute Gasteiger partial charge is 0.492 e. The summed E-state index contributed by atoms with van der Waals surface area (Å²) in [6, 6.07) is 10.7. The van der Waals surface area contributed by atoms with Crippen molar-refractivity contribution in [2.24, 2.45) is 0 Å². The third kappa shape index (κ3) is 4.02. The number of hydrogen-bond donors (Lipinski definition) is 0. The highest BCUT2D eigenvalue weighted by Gasteiger charge is 2.14. The number of ether oxygens (including phenoxy) is 1. The number of hydrogen-bond acceptors (Lipinski definition) is 3. The van der Waals surface area contributed by atoms with E-state index < -0.39 is 0 Å². The molecule has 1 radical (unpaired) electrons. The molecule has 0 spiro atoms. The lowest BCUT2D eigenvalue weighted by atomic mass is 10.3. The molecule has 17 heavy (non-hydrogen) atoms. The second-order valence-electron chi connectivity index (χ2n) is 4.36. The van der Waals surface area contributed by atoms with Crippen molar-refractivity contribution in [1.82, 2.24) is 9.80 Å². The van der Waals surface area contributed by atoms with Crippen molar-refractivity contribution < 1.29 is 4.74 Å². The highest BCUT2D eigenvalue weighted by Crippen LogP contribution is 2.08. The van der Waals surface area contributed by atoms with E-state index in [1.54, 1.807) is 0 Å². The van der Waals surface area contributed by atoms with Gasteiger partial charge in [0.25, 0.3) is 0 Å². The van der Waals surface area contributed by atoms with Crippen LogP contribution in [0.3, 0.4) is 0 Å². The average molecular weight is 233 g/mol. The van der Waals surface area contributed by atoms with Crippen molar-refractivity contribution in [2.45, 2.75) is 6.92 Å². The molecule has 2 rings (SSSR count). The lowest BCUT2D eigenvalue weighted by Gasteiger charge is -2.33. The minimum Gasteiger partial charge on any atom is -0.492 e. The van der Waals surface area contributed by atoms with Crippen LogP contribution in [0.25, 0.3) is 0 Å². The van der Waals surface area contributed by atoms with Gasteiger partial charge in [0.2, 0.25) is 0 Å². The van der Waals surface area contributed by atoms with Gasteiger partial charge in [-0.3, -0.25) is 4.90 Å². The fraction of sp³-hybridized carbons (Fsp3) is 0.571. The van der Waals surface area contributed by atoms with Crippen LogP contribution in [0.2, 0.25) is 0 Å². The summed E-state index contributed by atoms with van der Waals surface area (Å²) in [7, 11) is 0. The van der Waals surface area contributed by atoms with E-state index in [-0.39, 0.29) is 0 Å². The highest BCUT2D eigenvalue weighted by molar-refractivity contribution is 5.20. The topological polar surface area (TPSA) is 15.7 Å². The molecule has 1 fully saturated rings. The average Bonchev–Trinajstić information content (AvgIpc) is 2.41. The molecule has 3 nitrogen and oxygen atoms in total. The van der Waals surface area contributed by atoms with Crippen molar-refractivity contribution in [3.63, 3.8) is 0 Å². The van der Waals surface area contributed by atoms with Crippen molar-refractivity contribution >= 4 is 0 Å². The molecule has 0 saturated carbocycles. The molecule has 3 heteroatoms. The molecule has 93 valence electrons. The van der Waals surface area contributed by atoms with Crippen LogP contribution in [-0.2, 0) is 0 Å². The Morgan fingerprint density at radius 1 is 1.12 bits per heavy atom. The van der Waals surface area contributed by atoms with Crippen molar-refractivity contribution in [3.8, 4) is 5.75 Å². The third-order valence-corrected chi connectivity index (χ3v) is 3.28.